The lowest BCUT2D eigenvalue weighted by atomic mass is 9.78. The van der Waals surface area contributed by atoms with Crippen LogP contribution in [0.3, 0.4) is 0 Å². The average Bonchev–Trinajstić information content (AvgIpc) is 2.92. The van der Waals surface area contributed by atoms with Gasteiger partial charge in [-0.1, -0.05) is 6.42 Å². The molecule has 0 spiro atoms. The summed E-state index contributed by atoms with van der Waals surface area (Å²) in [5.74, 6) is 1.66. The molecule has 0 amide bonds. The predicted octanol–water partition coefficient (Wildman–Crippen LogP) is 2.27. The highest BCUT2D eigenvalue weighted by molar-refractivity contribution is 5.16. The lowest BCUT2D eigenvalue weighted by molar-refractivity contribution is 0.264. The Balaban J connectivity index is 1.82. The van der Waals surface area contributed by atoms with E-state index < -0.39 is 0 Å². The first-order valence-electron chi connectivity index (χ1n) is 6.93. The minimum absolute atomic E-state index is 0.0578. The maximum absolute atomic E-state index is 6.67. The van der Waals surface area contributed by atoms with Crippen molar-refractivity contribution >= 4 is 0 Å². The zero-order chi connectivity index (χ0) is 12.0. The zero-order valence-corrected chi connectivity index (χ0v) is 10.9. The molecule has 1 aromatic rings. The second kappa shape index (κ2) is 3.84. The van der Waals surface area contributed by atoms with Crippen LogP contribution in [0.5, 0.6) is 0 Å². The molecule has 0 aliphatic heterocycles. The summed E-state index contributed by atoms with van der Waals surface area (Å²) in [6.45, 7) is 5.17. The van der Waals surface area contributed by atoms with Crippen molar-refractivity contribution in [2.45, 2.75) is 58.0 Å². The van der Waals surface area contributed by atoms with E-state index >= 15 is 0 Å². The summed E-state index contributed by atoms with van der Waals surface area (Å²) in [6, 6.07) is 2.21. The van der Waals surface area contributed by atoms with Crippen molar-refractivity contribution < 1.29 is 0 Å². The van der Waals surface area contributed by atoms with E-state index in [0.717, 1.165) is 30.5 Å². The molecule has 1 heterocycles. The summed E-state index contributed by atoms with van der Waals surface area (Å²) < 4.78 is 2.12. The number of nitrogens with zero attached hydrogens (tertiary/aromatic N) is 2. The first-order chi connectivity index (χ1) is 8.10. The van der Waals surface area contributed by atoms with Crippen molar-refractivity contribution in [3.8, 4) is 0 Å². The molecule has 0 saturated heterocycles. The fraction of sp³-hybridized carbons (Fsp3) is 0.786. The summed E-state index contributed by atoms with van der Waals surface area (Å²) in [6.07, 6.45) is 6.38. The summed E-state index contributed by atoms with van der Waals surface area (Å²) in [5.41, 5.74) is 9.18. The molecule has 3 heteroatoms. The fourth-order valence-electron chi connectivity index (χ4n) is 4.06. The normalized spacial score (nSPS) is 35.7. The standard InChI is InChI=1S/C14H23N3/c1-3-17-13(6-10(2)16-17)9-14(15)8-11-4-5-12(14)7-11/h6,11-12H,3-5,7-9,15H2,1-2H3. The van der Waals surface area contributed by atoms with Crippen molar-refractivity contribution in [2.75, 3.05) is 0 Å². The number of aryl methyl sites for hydroxylation is 2. The molecule has 2 N–H and O–H groups in total. The maximum atomic E-state index is 6.67. The maximum Gasteiger partial charge on any atom is 0.0596 e. The minimum Gasteiger partial charge on any atom is -0.324 e. The summed E-state index contributed by atoms with van der Waals surface area (Å²) in [7, 11) is 0. The number of aromatic nitrogens is 2. The van der Waals surface area contributed by atoms with Gasteiger partial charge in [-0.05, 0) is 51.0 Å². The van der Waals surface area contributed by atoms with E-state index in [4.69, 9.17) is 5.73 Å². The Bertz CT molecular complexity index is 423. The number of hydrogen-bond acceptors (Lipinski definition) is 2. The highest BCUT2D eigenvalue weighted by Crippen LogP contribution is 2.50. The number of fused-ring (bicyclic) bond motifs is 2. The van der Waals surface area contributed by atoms with Crippen molar-refractivity contribution in [1.82, 2.24) is 9.78 Å². The molecule has 3 nitrogen and oxygen atoms in total. The van der Waals surface area contributed by atoms with E-state index in [0.29, 0.717) is 0 Å². The van der Waals surface area contributed by atoms with Gasteiger partial charge in [0.2, 0.25) is 0 Å². The Kier molecular flexibility index (Phi) is 2.54. The summed E-state index contributed by atoms with van der Waals surface area (Å²) in [4.78, 5) is 0. The number of nitrogens with two attached hydrogens (primary N) is 1. The van der Waals surface area contributed by atoms with E-state index in [1.54, 1.807) is 0 Å². The summed E-state index contributed by atoms with van der Waals surface area (Å²) >= 11 is 0. The van der Waals surface area contributed by atoms with Crippen molar-refractivity contribution in [2.24, 2.45) is 17.6 Å². The van der Waals surface area contributed by atoms with Gasteiger partial charge in [0.1, 0.15) is 0 Å². The number of hydrogen-bond donors (Lipinski definition) is 1. The van der Waals surface area contributed by atoms with Crippen molar-refractivity contribution in [3.05, 3.63) is 17.5 Å². The second-order valence-corrected chi connectivity index (χ2v) is 6.08. The van der Waals surface area contributed by atoms with E-state index in [9.17, 15) is 0 Å². The molecule has 3 unspecified atom stereocenters. The molecular formula is C14H23N3. The van der Waals surface area contributed by atoms with Crippen LogP contribution in [0.4, 0.5) is 0 Å². The monoisotopic (exact) mass is 233 g/mol. The smallest absolute Gasteiger partial charge is 0.0596 e. The van der Waals surface area contributed by atoms with Crippen molar-refractivity contribution in [1.29, 1.82) is 0 Å². The fourth-order valence-corrected chi connectivity index (χ4v) is 4.06. The van der Waals surface area contributed by atoms with Crippen molar-refractivity contribution in [3.63, 3.8) is 0 Å². The SMILES string of the molecule is CCn1nc(C)cc1CC1(N)CC2CCC1C2. The van der Waals surface area contributed by atoms with Gasteiger partial charge >= 0.3 is 0 Å². The molecule has 2 saturated carbocycles. The Morgan fingerprint density at radius 3 is 2.94 bits per heavy atom. The van der Waals surface area contributed by atoms with Crippen LogP contribution in [0.2, 0.25) is 0 Å². The topological polar surface area (TPSA) is 43.8 Å². The molecule has 2 aliphatic carbocycles. The van der Waals surface area contributed by atoms with Gasteiger partial charge in [-0.25, -0.2) is 0 Å². The van der Waals surface area contributed by atoms with Gasteiger partial charge in [0.25, 0.3) is 0 Å². The van der Waals surface area contributed by atoms with Gasteiger partial charge in [0.05, 0.1) is 5.69 Å². The zero-order valence-electron chi connectivity index (χ0n) is 10.9. The molecule has 0 radical (unpaired) electrons. The van der Waals surface area contributed by atoms with E-state index in [1.165, 1.54) is 31.4 Å². The van der Waals surface area contributed by atoms with Gasteiger partial charge < -0.3 is 5.73 Å². The molecule has 2 bridgehead atoms. The van der Waals surface area contributed by atoms with Crippen LogP contribution in [0.1, 0.15) is 44.0 Å². The Hall–Kier alpha value is -0.830. The first kappa shape index (κ1) is 11.3. The van der Waals surface area contributed by atoms with Gasteiger partial charge in [-0.15, -0.1) is 0 Å². The highest BCUT2D eigenvalue weighted by Gasteiger charge is 2.48. The van der Waals surface area contributed by atoms with Gasteiger partial charge in [0, 0.05) is 24.2 Å². The second-order valence-electron chi connectivity index (χ2n) is 6.08. The Morgan fingerprint density at radius 1 is 1.53 bits per heavy atom. The predicted molar refractivity (Wildman–Crippen MR) is 68.7 cm³/mol. The molecule has 3 rings (SSSR count). The van der Waals surface area contributed by atoms with Crippen LogP contribution < -0.4 is 5.73 Å². The molecule has 94 valence electrons. The molecular weight excluding hydrogens is 210 g/mol. The first-order valence-corrected chi connectivity index (χ1v) is 6.93. The van der Waals surface area contributed by atoms with Gasteiger partial charge in [-0.2, -0.15) is 5.10 Å². The van der Waals surface area contributed by atoms with Crippen LogP contribution in [0.15, 0.2) is 6.07 Å². The molecule has 3 atom stereocenters. The third-order valence-corrected chi connectivity index (χ3v) is 4.82. The third-order valence-electron chi connectivity index (χ3n) is 4.82. The van der Waals surface area contributed by atoms with Crippen LogP contribution >= 0.6 is 0 Å². The number of rotatable bonds is 3. The van der Waals surface area contributed by atoms with Crippen LogP contribution in [-0.2, 0) is 13.0 Å². The van der Waals surface area contributed by atoms with E-state index in [2.05, 4.69) is 29.7 Å². The quantitative estimate of drug-likeness (QED) is 0.870. The molecule has 2 fully saturated rings. The Morgan fingerprint density at radius 2 is 2.35 bits per heavy atom. The van der Waals surface area contributed by atoms with Crippen LogP contribution in [0, 0.1) is 18.8 Å². The molecule has 0 aromatic carbocycles. The van der Waals surface area contributed by atoms with Gasteiger partial charge in [0.15, 0.2) is 0 Å². The Labute approximate surface area is 103 Å². The third kappa shape index (κ3) is 1.81. The summed E-state index contributed by atoms with van der Waals surface area (Å²) in [5, 5.41) is 4.53. The largest absolute Gasteiger partial charge is 0.324 e. The van der Waals surface area contributed by atoms with Crippen LogP contribution in [0.25, 0.3) is 0 Å². The minimum atomic E-state index is 0.0578. The lowest BCUT2D eigenvalue weighted by Crippen LogP contribution is -2.47. The van der Waals surface area contributed by atoms with Crippen LogP contribution in [-0.4, -0.2) is 15.3 Å². The van der Waals surface area contributed by atoms with Gasteiger partial charge in [-0.3, -0.25) is 4.68 Å². The molecule has 17 heavy (non-hydrogen) atoms. The lowest BCUT2D eigenvalue weighted by Gasteiger charge is -2.34. The molecule has 2 aliphatic rings. The average molecular weight is 233 g/mol. The van der Waals surface area contributed by atoms with E-state index in [-0.39, 0.29) is 5.54 Å². The van der Waals surface area contributed by atoms with E-state index in [1.807, 2.05) is 0 Å². The molecule has 1 aromatic heterocycles. The highest BCUT2D eigenvalue weighted by atomic mass is 15.3.